The Hall–Kier alpha value is -3.11. The van der Waals surface area contributed by atoms with Crippen LogP contribution in [-0.2, 0) is 11.2 Å². The highest BCUT2D eigenvalue weighted by atomic mass is 32.2. The zero-order valence-electron chi connectivity index (χ0n) is 19.0. The van der Waals surface area contributed by atoms with E-state index in [2.05, 4.69) is 20.4 Å². The molecular weight excluding hydrogens is 440 g/mol. The highest BCUT2D eigenvalue weighted by Crippen LogP contribution is 2.38. The number of aromatic nitrogens is 4. The van der Waals surface area contributed by atoms with Crippen molar-refractivity contribution in [1.29, 1.82) is 0 Å². The van der Waals surface area contributed by atoms with Gasteiger partial charge in [-0.15, -0.1) is 0 Å². The van der Waals surface area contributed by atoms with Crippen molar-refractivity contribution in [2.24, 2.45) is 0 Å². The number of hydrogen-bond donors (Lipinski definition) is 3. The summed E-state index contributed by atoms with van der Waals surface area (Å²) in [6, 6.07) is 9.73. The van der Waals surface area contributed by atoms with Crippen LogP contribution in [0.1, 0.15) is 31.0 Å². The van der Waals surface area contributed by atoms with E-state index in [0.29, 0.717) is 60.7 Å². The number of nitrogens with one attached hydrogen (secondary N) is 2. The van der Waals surface area contributed by atoms with Gasteiger partial charge in [0.25, 0.3) is 0 Å². The fourth-order valence-electron chi connectivity index (χ4n) is 3.70. The van der Waals surface area contributed by atoms with Crippen molar-refractivity contribution < 1.29 is 14.6 Å². The van der Waals surface area contributed by atoms with Crippen LogP contribution in [0.25, 0.3) is 0 Å². The summed E-state index contributed by atoms with van der Waals surface area (Å²) in [6.45, 7) is 4.87. The summed E-state index contributed by atoms with van der Waals surface area (Å²) in [6.07, 6.45) is 1.48. The molecule has 33 heavy (non-hydrogen) atoms. The number of piperidine rings is 1. The molecule has 0 atom stereocenters. The van der Waals surface area contributed by atoms with Crippen molar-refractivity contribution >= 4 is 35.0 Å². The number of aryl methyl sites for hydroxylation is 1. The van der Waals surface area contributed by atoms with Crippen molar-refractivity contribution in [1.82, 2.24) is 20.2 Å². The standard InChI is InChI=1S/C23H28N6O3S/c1-14-12-19(28-27-14)24-21-20(32-3)22(29-10-8-17(31)9-11-29)26-23(25-21)33-18-6-4-16(5-7-18)13-15(2)30/h4-7,12,17,31H,8-11,13H2,1-3H3,(H2,24,25,26,27,28). The predicted octanol–water partition coefficient (Wildman–Crippen LogP) is 3.50. The number of benzene rings is 1. The van der Waals surface area contributed by atoms with Crippen LogP contribution in [0, 0.1) is 6.92 Å². The van der Waals surface area contributed by atoms with E-state index < -0.39 is 0 Å². The minimum absolute atomic E-state index is 0.134. The summed E-state index contributed by atoms with van der Waals surface area (Å²) < 4.78 is 5.72. The van der Waals surface area contributed by atoms with Gasteiger partial charge in [-0.1, -0.05) is 12.1 Å². The third-order valence-electron chi connectivity index (χ3n) is 5.33. The normalized spacial score (nSPS) is 14.4. The molecule has 9 nitrogen and oxygen atoms in total. The van der Waals surface area contributed by atoms with Gasteiger partial charge in [-0.3, -0.25) is 9.89 Å². The first-order chi connectivity index (χ1) is 15.9. The first kappa shape index (κ1) is 23.1. The largest absolute Gasteiger partial charge is 0.490 e. The van der Waals surface area contributed by atoms with E-state index >= 15 is 0 Å². The number of aliphatic hydroxyl groups excluding tert-OH is 1. The Balaban J connectivity index is 1.67. The molecule has 1 fully saturated rings. The molecule has 174 valence electrons. The summed E-state index contributed by atoms with van der Waals surface area (Å²) in [4.78, 5) is 24.0. The van der Waals surface area contributed by atoms with Gasteiger partial charge in [0.2, 0.25) is 5.75 Å². The number of H-pyrrole nitrogens is 1. The maximum atomic E-state index is 11.4. The number of anilines is 3. The van der Waals surface area contributed by atoms with Crippen LogP contribution < -0.4 is 15.0 Å². The second-order valence-electron chi connectivity index (χ2n) is 8.12. The molecule has 0 unspecified atom stereocenters. The Morgan fingerprint density at radius 2 is 2.00 bits per heavy atom. The molecule has 3 aromatic rings. The molecule has 0 amide bonds. The van der Waals surface area contributed by atoms with Crippen LogP contribution >= 0.6 is 11.8 Å². The van der Waals surface area contributed by atoms with E-state index in [4.69, 9.17) is 14.7 Å². The molecule has 3 heterocycles. The number of carbonyl (C=O) groups excluding carboxylic acids is 1. The Labute approximate surface area is 197 Å². The van der Waals surface area contributed by atoms with Gasteiger partial charge in [0.1, 0.15) is 5.78 Å². The quantitative estimate of drug-likeness (QED) is 0.427. The second-order valence-corrected chi connectivity index (χ2v) is 9.16. The average molecular weight is 469 g/mol. The summed E-state index contributed by atoms with van der Waals surface area (Å²) >= 11 is 1.44. The van der Waals surface area contributed by atoms with Gasteiger partial charge < -0.3 is 20.1 Å². The van der Waals surface area contributed by atoms with Crippen LogP contribution in [0.3, 0.4) is 0 Å². The number of carbonyl (C=O) groups is 1. The molecule has 0 aliphatic carbocycles. The fraction of sp³-hybridized carbons (Fsp3) is 0.391. The lowest BCUT2D eigenvalue weighted by molar-refractivity contribution is -0.116. The first-order valence-corrected chi connectivity index (χ1v) is 11.7. The fourth-order valence-corrected chi connectivity index (χ4v) is 4.45. The summed E-state index contributed by atoms with van der Waals surface area (Å²) in [7, 11) is 1.60. The number of nitrogens with zero attached hydrogens (tertiary/aromatic N) is 4. The number of methoxy groups -OCH3 is 1. The van der Waals surface area contributed by atoms with E-state index in [0.717, 1.165) is 16.2 Å². The van der Waals surface area contributed by atoms with Crippen LogP contribution in [0.5, 0.6) is 5.75 Å². The third-order valence-corrected chi connectivity index (χ3v) is 6.21. The van der Waals surface area contributed by atoms with Crippen LogP contribution in [0.15, 0.2) is 40.4 Å². The molecule has 10 heteroatoms. The highest BCUT2D eigenvalue weighted by molar-refractivity contribution is 7.99. The van der Waals surface area contributed by atoms with Crippen LogP contribution in [-0.4, -0.2) is 57.4 Å². The van der Waals surface area contributed by atoms with Gasteiger partial charge in [0.15, 0.2) is 22.6 Å². The number of ether oxygens (including phenoxy) is 1. The molecule has 1 aliphatic rings. The number of hydrogen-bond acceptors (Lipinski definition) is 9. The van der Waals surface area contributed by atoms with Gasteiger partial charge >= 0.3 is 0 Å². The van der Waals surface area contributed by atoms with Crippen molar-refractivity contribution in [3.05, 3.63) is 41.6 Å². The number of ketones is 1. The number of Topliss-reactive ketones (excluding diaryl/α,β-unsaturated/α-hetero) is 1. The highest BCUT2D eigenvalue weighted by Gasteiger charge is 2.25. The Morgan fingerprint density at radius 1 is 1.27 bits per heavy atom. The lowest BCUT2D eigenvalue weighted by atomic mass is 10.1. The van der Waals surface area contributed by atoms with Crippen molar-refractivity contribution in [3.8, 4) is 5.75 Å². The minimum Gasteiger partial charge on any atom is -0.490 e. The molecule has 0 saturated carbocycles. The molecule has 1 saturated heterocycles. The zero-order chi connectivity index (χ0) is 23.4. The van der Waals surface area contributed by atoms with Crippen LogP contribution in [0.4, 0.5) is 17.5 Å². The Morgan fingerprint density at radius 3 is 2.61 bits per heavy atom. The molecule has 4 rings (SSSR count). The number of aromatic amines is 1. The van der Waals surface area contributed by atoms with Crippen molar-refractivity contribution in [2.75, 3.05) is 30.4 Å². The second kappa shape index (κ2) is 10.2. The van der Waals surface area contributed by atoms with E-state index in [9.17, 15) is 9.90 Å². The van der Waals surface area contributed by atoms with Gasteiger partial charge in [0.05, 0.1) is 13.2 Å². The van der Waals surface area contributed by atoms with E-state index in [1.54, 1.807) is 14.0 Å². The number of rotatable bonds is 8. The first-order valence-electron chi connectivity index (χ1n) is 10.9. The Bertz CT molecular complexity index is 1110. The van der Waals surface area contributed by atoms with Gasteiger partial charge in [-0.05, 0) is 56.1 Å². The van der Waals surface area contributed by atoms with Crippen molar-refractivity contribution in [3.63, 3.8) is 0 Å². The third kappa shape index (κ3) is 5.82. The minimum atomic E-state index is -0.291. The lowest BCUT2D eigenvalue weighted by Gasteiger charge is -2.31. The molecule has 0 bridgehead atoms. The molecule has 3 N–H and O–H groups in total. The molecular formula is C23H28N6O3S. The van der Waals surface area contributed by atoms with E-state index in [-0.39, 0.29) is 11.9 Å². The van der Waals surface area contributed by atoms with Crippen LogP contribution in [0.2, 0.25) is 0 Å². The number of aliphatic hydroxyl groups is 1. The Kier molecular flexibility index (Phi) is 7.14. The molecule has 2 aromatic heterocycles. The zero-order valence-corrected chi connectivity index (χ0v) is 19.8. The van der Waals surface area contributed by atoms with E-state index in [1.165, 1.54) is 11.8 Å². The summed E-state index contributed by atoms with van der Waals surface area (Å²) in [5, 5.41) is 20.9. The maximum Gasteiger partial charge on any atom is 0.204 e. The molecule has 0 radical (unpaired) electrons. The monoisotopic (exact) mass is 468 g/mol. The van der Waals surface area contributed by atoms with Gasteiger partial charge in [0, 0.05) is 36.2 Å². The lowest BCUT2D eigenvalue weighted by Crippen LogP contribution is -2.36. The molecule has 1 aromatic carbocycles. The maximum absolute atomic E-state index is 11.4. The summed E-state index contributed by atoms with van der Waals surface area (Å²) in [5.74, 6) is 2.51. The summed E-state index contributed by atoms with van der Waals surface area (Å²) in [5.41, 5.74) is 1.90. The average Bonchev–Trinajstić information content (AvgIpc) is 3.19. The molecule has 0 spiro atoms. The SMILES string of the molecule is COc1c(Nc2cc(C)[nH]n2)nc(Sc2ccc(CC(C)=O)cc2)nc1N1CCC(O)CC1. The van der Waals surface area contributed by atoms with Crippen molar-refractivity contribution in [2.45, 2.75) is 49.3 Å². The molecule has 1 aliphatic heterocycles. The van der Waals surface area contributed by atoms with Gasteiger partial charge in [-0.2, -0.15) is 5.10 Å². The smallest absolute Gasteiger partial charge is 0.204 e. The predicted molar refractivity (Wildman–Crippen MR) is 128 cm³/mol. The van der Waals surface area contributed by atoms with Gasteiger partial charge in [-0.25, -0.2) is 9.97 Å². The van der Waals surface area contributed by atoms with E-state index in [1.807, 2.05) is 37.3 Å². The topological polar surface area (TPSA) is 116 Å².